The van der Waals surface area contributed by atoms with E-state index in [2.05, 4.69) is 11.8 Å². The molecule has 3 saturated heterocycles. The number of rotatable bonds is 0. The van der Waals surface area contributed by atoms with Crippen LogP contribution in [0.1, 0.15) is 32.6 Å². The van der Waals surface area contributed by atoms with Crippen molar-refractivity contribution in [2.24, 2.45) is 11.8 Å². The van der Waals surface area contributed by atoms with Gasteiger partial charge in [0.15, 0.2) is 0 Å². The maximum absolute atomic E-state index is 11.8. The van der Waals surface area contributed by atoms with E-state index in [4.69, 9.17) is 0 Å². The molecule has 0 aliphatic carbocycles. The maximum atomic E-state index is 11.8. The summed E-state index contributed by atoms with van der Waals surface area (Å²) in [5, 5.41) is 0. The van der Waals surface area contributed by atoms with Crippen molar-refractivity contribution in [2.75, 3.05) is 6.54 Å². The van der Waals surface area contributed by atoms with Crippen LogP contribution in [-0.2, 0) is 4.79 Å². The summed E-state index contributed by atoms with van der Waals surface area (Å²) < 4.78 is 0. The molecule has 0 radical (unpaired) electrons. The first kappa shape index (κ1) is 7.98. The van der Waals surface area contributed by atoms with Crippen molar-refractivity contribution >= 4 is 5.78 Å². The van der Waals surface area contributed by atoms with Gasteiger partial charge >= 0.3 is 0 Å². The molecule has 0 spiro atoms. The Morgan fingerprint density at radius 1 is 1.46 bits per heavy atom. The number of piperidine rings is 2. The second kappa shape index (κ2) is 2.57. The molecule has 2 heteroatoms. The van der Waals surface area contributed by atoms with Gasteiger partial charge in [0.2, 0.25) is 0 Å². The van der Waals surface area contributed by atoms with Crippen molar-refractivity contribution < 1.29 is 4.79 Å². The molecule has 3 heterocycles. The summed E-state index contributed by atoms with van der Waals surface area (Å²) in [6, 6.07) is 1.09. The summed E-state index contributed by atoms with van der Waals surface area (Å²) >= 11 is 0. The van der Waals surface area contributed by atoms with Crippen molar-refractivity contribution in [1.29, 1.82) is 0 Å². The Morgan fingerprint density at radius 2 is 2.31 bits per heavy atom. The molecule has 5 atom stereocenters. The van der Waals surface area contributed by atoms with E-state index in [1.165, 1.54) is 25.8 Å². The normalized spacial score (nSPS) is 53.9. The van der Waals surface area contributed by atoms with Gasteiger partial charge in [-0.1, -0.05) is 6.92 Å². The largest absolute Gasteiger partial charge is 0.298 e. The SMILES string of the molecule is CC1CC(=O)C2CC3CCCN2C13. The molecule has 4 bridgehead atoms. The van der Waals surface area contributed by atoms with Gasteiger partial charge in [0, 0.05) is 12.5 Å². The minimum absolute atomic E-state index is 0.327. The van der Waals surface area contributed by atoms with Crippen LogP contribution in [0.5, 0.6) is 0 Å². The summed E-state index contributed by atoms with van der Waals surface area (Å²) in [6.07, 6.45) is 4.71. The number of Topliss-reactive ketones (excluding diaryl/α,β-unsaturated/α-hetero) is 1. The molecule has 0 aromatic heterocycles. The average Bonchev–Trinajstić information content (AvgIpc) is 2.26. The first-order valence-electron chi connectivity index (χ1n) is 5.56. The Balaban J connectivity index is 1.97. The van der Waals surface area contributed by atoms with Gasteiger partial charge in [-0.15, -0.1) is 0 Å². The first-order valence-corrected chi connectivity index (χ1v) is 5.56. The van der Waals surface area contributed by atoms with Crippen LogP contribution in [0.3, 0.4) is 0 Å². The second-order valence-electron chi connectivity index (χ2n) is 5.03. The van der Waals surface area contributed by atoms with Crippen LogP contribution in [0.4, 0.5) is 0 Å². The zero-order valence-electron chi connectivity index (χ0n) is 8.20. The van der Waals surface area contributed by atoms with Crippen LogP contribution < -0.4 is 0 Å². The van der Waals surface area contributed by atoms with Crippen LogP contribution in [-0.4, -0.2) is 29.3 Å². The number of hydrogen-bond acceptors (Lipinski definition) is 2. The second-order valence-corrected chi connectivity index (χ2v) is 5.03. The molecule has 13 heavy (non-hydrogen) atoms. The van der Waals surface area contributed by atoms with Gasteiger partial charge in [-0.2, -0.15) is 0 Å². The van der Waals surface area contributed by atoms with Crippen molar-refractivity contribution in [3.63, 3.8) is 0 Å². The summed E-state index contributed by atoms with van der Waals surface area (Å²) in [6.45, 7) is 3.44. The van der Waals surface area contributed by atoms with E-state index >= 15 is 0 Å². The fourth-order valence-electron chi connectivity index (χ4n) is 3.85. The third-order valence-corrected chi connectivity index (χ3v) is 4.26. The van der Waals surface area contributed by atoms with Gasteiger partial charge in [-0.25, -0.2) is 0 Å². The molecule has 0 N–H and O–H groups in total. The first-order chi connectivity index (χ1) is 6.27. The summed E-state index contributed by atoms with van der Waals surface area (Å²) in [4.78, 5) is 14.3. The summed E-state index contributed by atoms with van der Waals surface area (Å²) in [5.74, 6) is 1.99. The fraction of sp³-hybridized carbons (Fsp3) is 0.909. The van der Waals surface area contributed by atoms with E-state index in [0.29, 0.717) is 17.7 Å². The fourth-order valence-corrected chi connectivity index (χ4v) is 3.85. The van der Waals surface area contributed by atoms with Crippen molar-refractivity contribution in [2.45, 2.75) is 44.7 Å². The molecule has 3 rings (SSSR count). The van der Waals surface area contributed by atoms with Crippen LogP contribution in [0.15, 0.2) is 0 Å². The monoisotopic (exact) mass is 179 g/mol. The molecule has 72 valence electrons. The molecule has 0 aromatic rings. The Kier molecular flexibility index (Phi) is 1.58. The van der Waals surface area contributed by atoms with Gasteiger partial charge in [0.05, 0.1) is 6.04 Å². The lowest BCUT2D eigenvalue weighted by molar-refractivity contribution is -0.128. The highest BCUT2D eigenvalue weighted by Gasteiger charge is 2.51. The van der Waals surface area contributed by atoms with Crippen LogP contribution >= 0.6 is 0 Å². The minimum Gasteiger partial charge on any atom is -0.298 e. The highest BCUT2D eigenvalue weighted by molar-refractivity contribution is 5.86. The van der Waals surface area contributed by atoms with Gasteiger partial charge in [-0.3, -0.25) is 9.69 Å². The van der Waals surface area contributed by atoms with Crippen molar-refractivity contribution in [3.8, 4) is 0 Å². The predicted molar refractivity (Wildman–Crippen MR) is 50.4 cm³/mol. The molecule has 5 unspecified atom stereocenters. The van der Waals surface area contributed by atoms with Crippen LogP contribution in [0, 0.1) is 11.8 Å². The smallest absolute Gasteiger partial charge is 0.150 e. The van der Waals surface area contributed by atoms with Crippen molar-refractivity contribution in [1.82, 2.24) is 4.90 Å². The molecule has 3 aliphatic rings. The molecular weight excluding hydrogens is 162 g/mol. The molecule has 2 nitrogen and oxygen atoms in total. The maximum Gasteiger partial charge on any atom is 0.150 e. The predicted octanol–water partition coefficient (Wildman–Crippen LogP) is 1.45. The number of hydrogen-bond donors (Lipinski definition) is 0. The Hall–Kier alpha value is -0.370. The van der Waals surface area contributed by atoms with Gasteiger partial charge in [0.25, 0.3) is 0 Å². The number of nitrogens with zero attached hydrogens (tertiary/aromatic N) is 1. The van der Waals surface area contributed by atoms with E-state index in [9.17, 15) is 4.79 Å². The molecule has 3 fully saturated rings. The quantitative estimate of drug-likeness (QED) is 0.561. The van der Waals surface area contributed by atoms with Gasteiger partial charge in [-0.05, 0) is 37.6 Å². The summed E-state index contributed by atoms with van der Waals surface area (Å²) in [7, 11) is 0. The Bertz CT molecular complexity index is 250. The lowest BCUT2D eigenvalue weighted by atomic mass is 9.83. The molecule has 3 aliphatic heterocycles. The lowest BCUT2D eigenvalue weighted by Gasteiger charge is -2.41. The average molecular weight is 179 g/mol. The Morgan fingerprint density at radius 3 is 3.15 bits per heavy atom. The minimum atomic E-state index is 0.327. The third-order valence-electron chi connectivity index (χ3n) is 4.26. The van der Waals surface area contributed by atoms with E-state index < -0.39 is 0 Å². The van der Waals surface area contributed by atoms with Crippen LogP contribution in [0.25, 0.3) is 0 Å². The highest BCUT2D eigenvalue weighted by Crippen LogP contribution is 2.45. The van der Waals surface area contributed by atoms with E-state index in [0.717, 1.165) is 18.4 Å². The van der Waals surface area contributed by atoms with E-state index in [-0.39, 0.29) is 0 Å². The lowest BCUT2D eigenvalue weighted by Crippen LogP contribution is -2.51. The van der Waals surface area contributed by atoms with Gasteiger partial charge < -0.3 is 0 Å². The van der Waals surface area contributed by atoms with E-state index in [1.54, 1.807) is 0 Å². The van der Waals surface area contributed by atoms with Crippen molar-refractivity contribution in [3.05, 3.63) is 0 Å². The zero-order valence-corrected chi connectivity index (χ0v) is 8.20. The topological polar surface area (TPSA) is 20.3 Å². The van der Waals surface area contributed by atoms with Gasteiger partial charge in [0.1, 0.15) is 5.78 Å². The van der Waals surface area contributed by atoms with Crippen LogP contribution in [0.2, 0.25) is 0 Å². The number of carbonyl (C=O) groups excluding carboxylic acids is 1. The molecular formula is C11H17NO. The standard InChI is InChI=1S/C11H17NO/c1-7-5-10(13)9-6-8-3-2-4-12(9)11(7)8/h7-9,11H,2-6H2,1H3. The molecule has 0 saturated carbocycles. The zero-order chi connectivity index (χ0) is 9.00. The van der Waals surface area contributed by atoms with E-state index in [1.807, 2.05) is 0 Å². The third kappa shape index (κ3) is 0.954. The Labute approximate surface area is 79.3 Å². The number of carbonyl (C=O) groups is 1. The summed E-state index contributed by atoms with van der Waals surface area (Å²) in [5.41, 5.74) is 0. The highest BCUT2D eigenvalue weighted by atomic mass is 16.1. The molecule has 0 aromatic carbocycles. The molecule has 0 amide bonds. The number of ketones is 1.